The highest BCUT2D eigenvalue weighted by Gasteiger charge is 2.78. The molecule has 0 saturated carbocycles. The van der Waals surface area contributed by atoms with Gasteiger partial charge in [0.15, 0.2) is 5.54 Å². The highest BCUT2D eigenvalue weighted by atomic mass is 35.5. The molecule has 2 spiro atoms. The summed E-state index contributed by atoms with van der Waals surface area (Å²) in [4.78, 5) is 32.0. The van der Waals surface area contributed by atoms with Crippen molar-refractivity contribution >= 4 is 57.4 Å². The van der Waals surface area contributed by atoms with Gasteiger partial charge in [0.25, 0.3) is 5.91 Å². The van der Waals surface area contributed by atoms with Gasteiger partial charge in [-0.2, -0.15) is 0 Å². The Hall–Kier alpha value is -2.65. The molecule has 2 aromatic carbocycles. The van der Waals surface area contributed by atoms with Crippen molar-refractivity contribution in [2.24, 2.45) is 0 Å². The van der Waals surface area contributed by atoms with Crippen LogP contribution in [0.25, 0.3) is 0 Å². The molecule has 34 heavy (non-hydrogen) atoms. The maximum Gasteiger partial charge on any atom is 0.251 e. The molecule has 3 atom stereocenters. The van der Waals surface area contributed by atoms with Gasteiger partial charge in [-0.1, -0.05) is 65.9 Å². The molecule has 2 fully saturated rings. The zero-order valence-corrected chi connectivity index (χ0v) is 20.5. The average Bonchev–Trinajstić information content (AvgIpc) is 3.56. The van der Waals surface area contributed by atoms with E-state index in [9.17, 15) is 9.59 Å². The summed E-state index contributed by atoms with van der Waals surface area (Å²) in [7, 11) is 1.87. The lowest BCUT2D eigenvalue weighted by Crippen LogP contribution is -2.61. The molecule has 6 rings (SSSR count). The van der Waals surface area contributed by atoms with E-state index in [1.54, 1.807) is 35.4 Å². The van der Waals surface area contributed by atoms with Crippen LogP contribution in [-0.4, -0.2) is 44.3 Å². The van der Waals surface area contributed by atoms with Gasteiger partial charge >= 0.3 is 0 Å². The van der Waals surface area contributed by atoms with Crippen molar-refractivity contribution in [2.75, 3.05) is 18.9 Å². The number of hydrogen-bond donors (Lipinski definition) is 1. The zero-order valence-electron chi connectivity index (χ0n) is 18.2. The van der Waals surface area contributed by atoms with Crippen LogP contribution in [0, 0.1) is 0 Å². The maximum absolute atomic E-state index is 14.5. The molecule has 3 aliphatic rings. The number of hydrogen-bond acceptors (Lipinski definition) is 6. The minimum atomic E-state index is -1.30. The topological polar surface area (TPSA) is 65.8 Å². The number of thioether (sulfide) groups is 1. The van der Waals surface area contributed by atoms with Crippen molar-refractivity contribution in [3.05, 3.63) is 88.8 Å². The monoisotopic (exact) mass is 509 g/mol. The molecule has 9 heteroatoms. The molecule has 4 heterocycles. The highest BCUT2D eigenvalue weighted by molar-refractivity contribution is 8.25. The normalized spacial score (nSPS) is 28.4. The predicted octanol–water partition coefficient (Wildman–Crippen LogP) is 4.61. The first-order chi connectivity index (χ1) is 16.4. The van der Waals surface area contributed by atoms with Gasteiger partial charge < -0.3 is 9.73 Å². The Morgan fingerprint density at radius 1 is 1.18 bits per heavy atom. The van der Waals surface area contributed by atoms with E-state index in [0.29, 0.717) is 39.4 Å². The second-order valence-corrected chi connectivity index (χ2v) is 11.1. The Bertz CT molecular complexity index is 1330. The largest absolute Gasteiger partial charge is 0.469 e. The smallest absolute Gasteiger partial charge is 0.251 e. The first-order valence-electron chi connectivity index (χ1n) is 10.8. The number of anilines is 1. The van der Waals surface area contributed by atoms with Crippen LogP contribution >= 0.6 is 35.6 Å². The Balaban J connectivity index is 1.58. The summed E-state index contributed by atoms with van der Waals surface area (Å²) in [6, 6.07) is 18.7. The number of carbonyl (C=O) groups excluding carboxylic acids is 2. The van der Waals surface area contributed by atoms with Crippen molar-refractivity contribution < 1.29 is 14.0 Å². The fourth-order valence-corrected chi connectivity index (χ4v) is 8.02. The van der Waals surface area contributed by atoms with Crippen LogP contribution in [-0.2, 0) is 21.7 Å². The van der Waals surface area contributed by atoms with E-state index in [4.69, 9.17) is 28.2 Å². The number of likely N-dealkylation sites (tertiary alicyclic amines) is 1. The Kier molecular flexibility index (Phi) is 4.94. The van der Waals surface area contributed by atoms with Gasteiger partial charge in [-0.3, -0.25) is 19.4 Å². The summed E-state index contributed by atoms with van der Waals surface area (Å²) < 4.78 is 5.02. The predicted molar refractivity (Wildman–Crippen MR) is 136 cm³/mol. The van der Waals surface area contributed by atoms with Crippen LogP contribution in [0.1, 0.15) is 22.8 Å². The van der Waals surface area contributed by atoms with Gasteiger partial charge in [0, 0.05) is 22.8 Å². The molecule has 0 aliphatic carbocycles. The second-order valence-electron chi connectivity index (χ2n) is 8.78. The number of nitrogens with one attached hydrogen (secondary N) is 1. The second kappa shape index (κ2) is 7.68. The third-order valence-corrected chi connectivity index (χ3v) is 9.28. The molecule has 3 aromatic rings. The third-order valence-electron chi connectivity index (χ3n) is 7.11. The minimum Gasteiger partial charge on any atom is -0.469 e. The summed E-state index contributed by atoms with van der Waals surface area (Å²) in [5.41, 5.74) is 1.00. The van der Waals surface area contributed by atoms with Crippen molar-refractivity contribution in [1.82, 2.24) is 9.80 Å². The number of furan rings is 1. The Labute approximate surface area is 211 Å². The quantitative estimate of drug-likeness (QED) is 0.520. The van der Waals surface area contributed by atoms with E-state index in [1.165, 1.54) is 11.8 Å². The molecule has 0 radical (unpaired) electrons. The van der Waals surface area contributed by atoms with E-state index < -0.39 is 16.2 Å². The van der Waals surface area contributed by atoms with Gasteiger partial charge in [-0.15, -0.1) is 0 Å². The number of likely N-dealkylation sites (N-methyl/N-ethyl adjacent to an activating group) is 1. The van der Waals surface area contributed by atoms with Gasteiger partial charge in [-0.05, 0) is 42.9 Å². The van der Waals surface area contributed by atoms with E-state index in [1.807, 2.05) is 48.3 Å². The third kappa shape index (κ3) is 2.71. The molecule has 172 valence electrons. The number of benzene rings is 2. The number of rotatable bonds is 3. The lowest BCUT2D eigenvalue weighted by Gasteiger charge is -2.41. The molecule has 1 N–H and O–H groups in total. The van der Waals surface area contributed by atoms with Gasteiger partial charge in [0.1, 0.15) is 14.8 Å². The molecule has 3 aliphatic heterocycles. The van der Waals surface area contributed by atoms with E-state index in [-0.39, 0.29) is 11.8 Å². The lowest BCUT2D eigenvalue weighted by molar-refractivity contribution is -0.138. The summed E-state index contributed by atoms with van der Waals surface area (Å²) >= 11 is 13.5. The van der Waals surface area contributed by atoms with Crippen LogP contribution in [0.3, 0.4) is 0 Å². The Morgan fingerprint density at radius 3 is 2.71 bits per heavy atom. The average molecular weight is 510 g/mol. The van der Waals surface area contributed by atoms with Crippen molar-refractivity contribution in [3.8, 4) is 0 Å². The van der Waals surface area contributed by atoms with Crippen LogP contribution in [0.5, 0.6) is 0 Å². The van der Waals surface area contributed by atoms with Gasteiger partial charge in [0.2, 0.25) is 5.91 Å². The van der Waals surface area contributed by atoms with Crippen molar-refractivity contribution in [2.45, 2.75) is 22.7 Å². The lowest BCUT2D eigenvalue weighted by atomic mass is 9.73. The van der Waals surface area contributed by atoms with E-state index in [2.05, 4.69) is 5.32 Å². The molecule has 2 saturated heterocycles. The summed E-state index contributed by atoms with van der Waals surface area (Å²) in [6.07, 6.45) is 1.59. The fourth-order valence-electron chi connectivity index (χ4n) is 5.73. The number of amides is 2. The summed E-state index contributed by atoms with van der Waals surface area (Å²) in [5, 5.41) is 3.51. The van der Waals surface area contributed by atoms with Crippen LogP contribution < -0.4 is 5.32 Å². The minimum absolute atomic E-state index is 0.194. The molecule has 0 bridgehead atoms. The molecular weight excluding hydrogens is 490 g/mol. The number of halogens is 1. The number of thiocarbonyl (C=S) groups is 1. The van der Waals surface area contributed by atoms with E-state index in [0.717, 1.165) is 5.56 Å². The summed E-state index contributed by atoms with van der Waals surface area (Å²) in [6.45, 7) is 0.773. The molecule has 3 unspecified atom stereocenters. The Morgan fingerprint density at radius 2 is 1.97 bits per heavy atom. The molecular formula is C25H20ClN3O3S2. The van der Waals surface area contributed by atoms with Crippen molar-refractivity contribution in [1.29, 1.82) is 0 Å². The number of nitrogens with zero attached hydrogens (tertiary/aromatic N) is 2. The molecule has 2 amide bonds. The van der Waals surface area contributed by atoms with Crippen LogP contribution in [0.2, 0.25) is 5.02 Å². The molecule has 1 aromatic heterocycles. The number of fused-ring (bicyclic) bond motifs is 3. The first-order valence-corrected chi connectivity index (χ1v) is 12.4. The first kappa shape index (κ1) is 21.9. The fraction of sp³-hybridized carbons (Fsp3) is 0.240. The maximum atomic E-state index is 14.5. The summed E-state index contributed by atoms with van der Waals surface area (Å²) in [5.74, 6) is -0.205. The van der Waals surface area contributed by atoms with Crippen molar-refractivity contribution in [3.63, 3.8) is 0 Å². The SMILES string of the molecule is CN1CC(c2ccco2)C2(SC(=S)N(Cc3ccccc3)C2=O)C12C(=O)Nc1ccc(Cl)cc12. The zero-order chi connectivity index (χ0) is 23.7. The van der Waals surface area contributed by atoms with Gasteiger partial charge in [-0.25, -0.2) is 0 Å². The van der Waals surface area contributed by atoms with Gasteiger partial charge in [0.05, 0.1) is 18.7 Å². The van der Waals surface area contributed by atoms with E-state index >= 15 is 0 Å². The number of carbonyl (C=O) groups is 2. The van der Waals surface area contributed by atoms with Crippen LogP contribution in [0.4, 0.5) is 5.69 Å². The highest BCUT2D eigenvalue weighted by Crippen LogP contribution is 2.66. The standard InChI is InChI=1S/C25H20ClN3O3S2/c1-28-14-18(20-8-5-11-32-20)25(24(28)17-12-16(26)9-10-19(17)27-21(24)30)22(31)29(23(33)34-25)13-15-6-3-2-4-7-15/h2-12,18H,13-14H2,1H3,(H,27,30). The molecule has 6 nitrogen and oxygen atoms in total. The van der Waals surface area contributed by atoms with Crippen LogP contribution in [0.15, 0.2) is 71.3 Å².